The third-order valence-electron chi connectivity index (χ3n) is 1.96. The second-order valence-corrected chi connectivity index (χ2v) is 2.99. The Hall–Kier alpha value is -1.91. The first-order valence-electron chi connectivity index (χ1n) is 4.58. The normalized spacial score (nSPS) is 11.8. The minimum absolute atomic E-state index is 0.0569. The molecule has 0 aliphatic heterocycles. The van der Waals surface area contributed by atoms with E-state index >= 15 is 0 Å². The molecule has 1 aromatic carbocycles. The molecule has 0 saturated heterocycles. The van der Waals surface area contributed by atoms with E-state index < -0.39 is 6.17 Å². The highest BCUT2D eigenvalue weighted by Crippen LogP contribution is 2.24. The molecule has 80 valence electrons. The quantitative estimate of drug-likeness (QED) is 0.739. The van der Waals surface area contributed by atoms with Crippen LogP contribution in [0.1, 0.15) is 25.1 Å². The molecule has 5 nitrogen and oxygen atoms in total. The summed E-state index contributed by atoms with van der Waals surface area (Å²) < 4.78 is 0. The number of nitrogens with zero attached hydrogens (tertiary/aromatic N) is 1. The van der Waals surface area contributed by atoms with Crippen LogP contribution in [0.15, 0.2) is 29.4 Å². The highest BCUT2D eigenvalue weighted by molar-refractivity contribution is 5.76. The minimum atomic E-state index is -1.03. The number of phenolic OH excluding ortho intramolecular Hbond substituents is 1. The van der Waals surface area contributed by atoms with Gasteiger partial charge < -0.3 is 10.4 Å². The molecule has 0 saturated carbocycles. The largest absolute Gasteiger partial charge is 0.508 e. The number of aromatic hydroxyl groups is 1. The lowest BCUT2D eigenvalue weighted by Gasteiger charge is -2.12. The van der Waals surface area contributed by atoms with Crippen molar-refractivity contribution >= 4 is 5.91 Å². The Kier molecular flexibility index (Phi) is 3.79. The van der Waals surface area contributed by atoms with Crippen LogP contribution in [-0.2, 0) is 4.79 Å². The van der Waals surface area contributed by atoms with Crippen LogP contribution in [0.4, 0.5) is 0 Å². The van der Waals surface area contributed by atoms with Gasteiger partial charge in [0, 0.05) is 12.0 Å². The molecule has 1 atom stereocenters. The molecule has 0 radical (unpaired) electrons. The molecule has 1 aromatic rings. The molecular weight excluding hydrogens is 196 g/mol. The average Bonchev–Trinajstić information content (AvgIpc) is 2.26. The maximum atomic E-state index is 11.1. The summed E-state index contributed by atoms with van der Waals surface area (Å²) >= 11 is 0. The van der Waals surface area contributed by atoms with Crippen LogP contribution >= 0.6 is 0 Å². The topological polar surface area (TPSA) is 78.8 Å². The maximum absolute atomic E-state index is 11.1. The number of hydrogen-bond donors (Lipinski definition) is 2. The van der Waals surface area contributed by atoms with Gasteiger partial charge in [0.25, 0.3) is 0 Å². The number of hydrogen-bond acceptors (Lipinski definition) is 4. The fourth-order valence-electron chi connectivity index (χ4n) is 1.13. The molecule has 5 heteroatoms. The summed E-state index contributed by atoms with van der Waals surface area (Å²) in [6.07, 6.45) is -0.766. The van der Waals surface area contributed by atoms with Gasteiger partial charge in [-0.2, -0.15) is 0 Å². The van der Waals surface area contributed by atoms with Gasteiger partial charge in [-0.05, 0) is 11.2 Å². The molecule has 1 unspecified atom stereocenters. The summed E-state index contributed by atoms with van der Waals surface area (Å²) in [6, 6.07) is 6.26. The van der Waals surface area contributed by atoms with E-state index in [0.29, 0.717) is 5.56 Å². The van der Waals surface area contributed by atoms with Gasteiger partial charge in [0.15, 0.2) is 6.17 Å². The van der Waals surface area contributed by atoms with E-state index in [1.54, 1.807) is 19.1 Å². The Bertz CT molecular complexity index is 365. The molecular formula is C10H12N2O3. The Morgan fingerprint density at radius 3 is 2.73 bits per heavy atom. The standard InChI is InChI=1S/C10H12N2O3/c1-2-9(14)11-10(12-15)7-5-3-4-6-8(7)13/h3-6,10,13H,2H2,1H3,(H,11,14). The first-order valence-corrected chi connectivity index (χ1v) is 4.58. The molecule has 2 N–H and O–H groups in total. The second-order valence-electron chi connectivity index (χ2n) is 2.99. The van der Waals surface area contributed by atoms with Crippen molar-refractivity contribution in [3.8, 4) is 5.75 Å². The third kappa shape index (κ3) is 2.77. The molecule has 0 aliphatic rings. The molecule has 0 bridgehead atoms. The van der Waals surface area contributed by atoms with Gasteiger partial charge >= 0.3 is 0 Å². The molecule has 0 spiro atoms. The smallest absolute Gasteiger partial charge is 0.221 e. The van der Waals surface area contributed by atoms with Crippen molar-refractivity contribution in [3.05, 3.63) is 34.7 Å². The van der Waals surface area contributed by atoms with Crippen LogP contribution < -0.4 is 5.32 Å². The summed E-state index contributed by atoms with van der Waals surface area (Å²) in [4.78, 5) is 21.6. The Balaban J connectivity index is 2.88. The number of nitrogens with one attached hydrogen (secondary N) is 1. The molecule has 0 aliphatic carbocycles. The fraction of sp³-hybridized carbons (Fsp3) is 0.300. The van der Waals surface area contributed by atoms with Crippen LogP contribution in [0.25, 0.3) is 0 Å². The SMILES string of the molecule is CCC(=O)NC(N=O)c1ccccc1O. The fourth-order valence-corrected chi connectivity index (χ4v) is 1.13. The number of para-hydroxylation sites is 1. The second kappa shape index (κ2) is 5.09. The van der Waals surface area contributed by atoms with Gasteiger partial charge in [-0.3, -0.25) is 4.79 Å². The van der Waals surface area contributed by atoms with E-state index in [-0.39, 0.29) is 18.1 Å². The molecule has 0 heterocycles. The van der Waals surface area contributed by atoms with Crippen LogP contribution in [-0.4, -0.2) is 11.0 Å². The van der Waals surface area contributed by atoms with Gasteiger partial charge in [0.05, 0.1) is 0 Å². The van der Waals surface area contributed by atoms with Crippen molar-refractivity contribution in [1.82, 2.24) is 5.32 Å². The number of amides is 1. The predicted octanol–water partition coefficient (Wildman–Crippen LogP) is 1.68. The van der Waals surface area contributed by atoms with Crippen molar-refractivity contribution in [2.45, 2.75) is 19.5 Å². The number of carbonyl (C=O) groups is 1. The van der Waals surface area contributed by atoms with Crippen molar-refractivity contribution in [1.29, 1.82) is 0 Å². The lowest BCUT2D eigenvalue weighted by atomic mass is 10.1. The Morgan fingerprint density at radius 2 is 2.20 bits per heavy atom. The lowest BCUT2D eigenvalue weighted by Crippen LogP contribution is -2.26. The number of phenols is 1. The van der Waals surface area contributed by atoms with E-state index in [9.17, 15) is 14.8 Å². The van der Waals surface area contributed by atoms with Crippen LogP contribution in [0, 0.1) is 4.91 Å². The number of carbonyl (C=O) groups excluding carboxylic acids is 1. The van der Waals surface area contributed by atoms with Gasteiger partial charge in [-0.15, -0.1) is 4.91 Å². The summed E-state index contributed by atoms with van der Waals surface area (Å²) in [5.41, 5.74) is 0.300. The minimum Gasteiger partial charge on any atom is -0.508 e. The average molecular weight is 208 g/mol. The van der Waals surface area contributed by atoms with Gasteiger partial charge in [-0.25, -0.2) is 0 Å². The summed E-state index contributed by atoms with van der Waals surface area (Å²) in [5, 5.41) is 14.6. The molecule has 1 rings (SSSR count). The first-order chi connectivity index (χ1) is 7.19. The molecule has 0 fully saturated rings. The number of benzene rings is 1. The monoisotopic (exact) mass is 208 g/mol. The summed E-state index contributed by atoms with van der Waals surface area (Å²) in [7, 11) is 0. The zero-order chi connectivity index (χ0) is 11.3. The first kappa shape index (κ1) is 11.2. The van der Waals surface area contributed by atoms with E-state index in [1.807, 2.05) is 0 Å². The van der Waals surface area contributed by atoms with Crippen LogP contribution in [0.2, 0.25) is 0 Å². The van der Waals surface area contributed by atoms with E-state index in [0.717, 1.165) is 0 Å². The van der Waals surface area contributed by atoms with Crippen LogP contribution in [0.5, 0.6) is 5.75 Å². The Morgan fingerprint density at radius 1 is 1.53 bits per heavy atom. The van der Waals surface area contributed by atoms with Crippen molar-refractivity contribution < 1.29 is 9.90 Å². The number of rotatable bonds is 4. The van der Waals surface area contributed by atoms with Crippen molar-refractivity contribution in [2.75, 3.05) is 0 Å². The van der Waals surface area contributed by atoms with E-state index in [4.69, 9.17) is 0 Å². The highest BCUT2D eigenvalue weighted by Gasteiger charge is 2.16. The Labute approximate surface area is 87.1 Å². The van der Waals surface area contributed by atoms with E-state index in [1.165, 1.54) is 12.1 Å². The number of nitroso groups, excluding NO2 is 1. The van der Waals surface area contributed by atoms with Gasteiger partial charge in [0.2, 0.25) is 5.91 Å². The highest BCUT2D eigenvalue weighted by atomic mass is 16.3. The zero-order valence-corrected chi connectivity index (χ0v) is 8.30. The molecule has 1 amide bonds. The van der Waals surface area contributed by atoms with Crippen molar-refractivity contribution in [2.24, 2.45) is 5.18 Å². The summed E-state index contributed by atoms with van der Waals surface area (Å²) in [5.74, 6) is -0.346. The predicted molar refractivity (Wildman–Crippen MR) is 55.1 cm³/mol. The van der Waals surface area contributed by atoms with E-state index in [2.05, 4.69) is 10.5 Å². The van der Waals surface area contributed by atoms with Crippen molar-refractivity contribution in [3.63, 3.8) is 0 Å². The van der Waals surface area contributed by atoms with Gasteiger partial charge in [-0.1, -0.05) is 25.1 Å². The third-order valence-corrected chi connectivity index (χ3v) is 1.96. The van der Waals surface area contributed by atoms with Crippen LogP contribution in [0.3, 0.4) is 0 Å². The van der Waals surface area contributed by atoms with Gasteiger partial charge in [0.1, 0.15) is 5.75 Å². The lowest BCUT2D eigenvalue weighted by molar-refractivity contribution is -0.121. The molecule has 0 aromatic heterocycles. The summed E-state index contributed by atoms with van der Waals surface area (Å²) in [6.45, 7) is 1.67. The molecule has 15 heavy (non-hydrogen) atoms. The maximum Gasteiger partial charge on any atom is 0.221 e. The zero-order valence-electron chi connectivity index (χ0n) is 8.30.